The smallest absolute Gasteiger partial charge is 0.238 e. The van der Waals surface area contributed by atoms with Crippen molar-refractivity contribution in [1.29, 1.82) is 0 Å². The predicted octanol–water partition coefficient (Wildman–Crippen LogP) is 2.19. The molecule has 5 heteroatoms. The molecular formula is C16H24N2O2S. The van der Waals surface area contributed by atoms with Crippen LogP contribution in [0.15, 0.2) is 24.3 Å². The second-order valence-corrected chi connectivity index (χ2v) is 7.20. The van der Waals surface area contributed by atoms with Gasteiger partial charge in [0.05, 0.1) is 6.04 Å². The highest BCUT2D eigenvalue weighted by Crippen LogP contribution is 2.18. The minimum atomic E-state index is -0.179. The molecule has 1 aromatic carbocycles. The largest absolute Gasteiger partial charge is 0.488 e. The quantitative estimate of drug-likeness (QED) is 0.875. The summed E-state index contributed by atoms with van der Waals surface area (Å²) in [6, 6.07) is 8.04. The van der Waals surface area contributed by atoms with Crippen LogP contribution in [0.3, 0.4) is 0 Å². The van der Waals surface area contributed by atoms with Crippen LogP contribution in [0.5, 0.6) is 5.75 Å². The van der Waals surface area contributed by atoms with Crippen LogP contribution in [-0.4, -0.2) is 35.7 Å². The highest BCUT2D eigenvalue weighted by molar-refractivity contribution is 7.99. The third-order valence-electron chi connectivity index (χ3n) is 3.09. The Bertz CT molecular complexity index is 462. The Hall–Kier alpha value is -1.20. The molecule has 1 heterocycles. The van der Waals surface area contributed by atoms with Crippen LogP contribution < -0.4 is 15.4 Å². The maximum atomic E-state index is 11.8. The summed E-state index contributed by atoms with van der Waals surface area (Å²) in [6.45, 7) is 6.77. The number of rotatable bonds is 5. The molecule has 0 spiro atoms. The van der Waals surface area contributed by atoms with Crippen LogP contribution in [0.25, 0.3) is 0 Å². The van der Waals surface area contributed by atoms with Gasteiger partial charge in [0, 0.05) is 18.2 Å². The SMILES string of the molecule is CC(C)(C)Oc1ccc(CCNC(=O)C2CSCN2)cc1. The van der Waals surface area contributed by atoms with E-state index in [1.54, 1.807) is 11.8 Å². The van der Waals surface area contributed by atoms with Crippen molar-refractivity contribution in [1.82, 2.24) is 10.6 Å². The van der Waals surface area contributed by atoms with E-state index in [-0.39, 0.29) is 17.6 Å². The Labute approximate surface area is 131 Å². The molecule has 1 fully saturated rings. The minimum Gasteiger partial charge on any atom is -0.488 e. The van der Waals surface area contributed by atoms with E-state index in [2.05, 4.69) is 22.8 Å². The number of hydrogen-bond donors (Lipinski definition) is 2. The molecule has 0 radical (unpaired) electrons. The molecule has 0 aromatic heterocycles. The van der Waals surface area contributed by atoms with Crippen LogP contribution in [0.4, 0.5) is 0 Å². The van der Waals surface area contributed by atoms with Crippen molar-refractivity contribution in [3.8, 4) is 5.75 Å². The number of ether oxygens (including phenoxy) is 1. The van der Waals surface area contributed by atoms with E-state index in [0.29, 0.717) is 6.54 Å². The van der Waals surface area contributed by atoms with E-state index in [9.17, 15) is 4.79 Å². The van der Waals surface area contributed by atoms with Gasteiger partial charge in [-0.2, -0.15) is 0 Å². The molecule has 2 N–H and O–H groups in total. The van der Waals surface area contributed by atoms with E-state index in [1.165, 1.54) is 5.56 Å². The van der Waals surface area contributed by atoms with Crippen molar-refractivity contribution in [3.63, 3.8) is 0 Å². The lowest BCUT2D eigenvalue weighted by molar-refractivity contribution is -0.122. The summed E-state index contributed by atoms with van der Waals surface area (Å²) in [4.78, 5) is 11.8. The van der Waals surface area contributed by atoms with Gasteiger partial charge in [0.25, 0.3) is 0 Å². The molecule has 1 saturated heterocycles. The molecule has 0 aliphatic carbocycles. The maximum Gasteiger partial charge on any atom is 0.238 e. The molecule has 1 aliphatic heterocycles. The van der Waals surface area contributed by atoms with Crippen molar-refractivity contribution in [2.24, 2.45) is 0 Å². The van der Waals surface area contributed by atoms with Crippen LogP contribution in [0.1, 0.15) is 26.3 Å². The zero-order valence-electron chi connectivity index (χ0n) is 12.9. The summed E-state index contributed by atoms with van der Waals surface area (Å²) in [6.07, 6.45) is 0.835. The Kier molecular flexibility index (Phi) is 5.53. The summed E-state index contributed by atoms with van der Waals surface area (Å²) in [5.41, 5.74) is 1.02. The third kappa shape index (κ3) is 5.59. The molecule has 1 amide bonds. The average molecular weight is 308 g/mol. The first-order chi connectivity index (χ1) is 9.94. The van der Waals surface area contributed by atoms with Gasteiger partial charge in [-0.05, 0) is 44.9 Å². The number of carbonyl (C=O) groups is 1. The lowest BCUT2D eigenvalue weighted by atomic mass is 10.1. The molecule has 1 aromatic rings. The van der Waals surface area contributed by atoms with E-state index < -0.39 is 0 Å². The number of benzene rings is 1. The van der Waals surface area contributed by atoms with Crippen molar-refractivity contribution in [2.75, 3.05) is 18.2 Å². The summed E-state index contributed by atoms with van der Waals surface area (Å²) >= 11 is 1.76. The van der Waals surface area contributed by atoms with Gasteiger partial charge in [-0.1, -0.05) is 12.1 Å². The molecule has 0 bridgehead atoms. The Balaban J connectivity index is 1.74. The van der Waals surface area contributed by atoms with Gasteiger partial charge in [-0.3, -0.25) is 10.1 Å². The van der Waals surface area contributed by atoms with Crippen LogP contribution in [0.2, 0.25) is 0 Å². The number of nitrogens with one attached hydrogen (secondary N) is 2. The molecule has 1 atom stereocenters. The zero-order chi connectivity index (χ0) is 15.3. The molecule has 4 nitrogen and oxygen atoms in total. The second kappa shape index (κ2) is 7.18. The normalized spacial score (nSPS) is 18.5. The van der Waals surface area contributed by atoms with Gasteiger partial charge in [-0.25, -0.2) is 0 Å². The average Bonchev–Trinajstić information content (AvgIpc) is 2.93. The van der Waals surface area contributed by atoms with Crippen LogP contribution in [-0.2, 0) is 11.2 Å². The van der Waals surface area contributed by atoms with E-state index in [1.807, 2.05) is 32.9 Å². The van der Waals surface area contributed by atoms with Gasteiger partial charge < -0.3 is 10.1 Å². The van der Waals surface area contributed by atoms with Gasteiger partial charge in [0.2, 0.25) is 5.91 Å². The molecule has 2 rings (SSSR count). The molecule has 21 heavy (non-hydrogen) atoms. The third-order valence-corrected chi connectivity index (χ3v) is 4.03. The number of carbonyl (C=O) groups excluding carboxylic acids is 1. The molecular weight excluding hydrogens is 284 g/mol. The topological polar surface area (TPSA) is 50.4 Å². The van der Waals surface area contributed by atoms with E-state index in [0.717, 1.165) is 23.8 Å². The van der Waals surface area contributed by atoms with E-state index >= 15 is 0 Å². The zero-order valence-corrected chi connectivity index (χ0v) is 13.8. The van der Waals surface area contributed by atoms with Crippen molar-refractivity contribution >= 4 is 17.7 Å². The molecule has 1 unspecified atom stereocenters. The summed E-state index contributed by atoms with van der Waals surface area (Å²) < 4.78 is 5.79. The lowest BCUT2D eigenvalue weighted by Crippen LogP contribution is -2.42. The second-order valence-electron chi connectivity index (χ2n) is 6.17. The number of thioether (sulfide) groups is 1. The fourth-order valence-electron chi connectivity index (χ4n) is 2.09. The minimum absolute atomic E-state index is 0.0300. The van der Waals surface area contributed by atoms with E-state index in [4.69, 9.17) is 4.74 Å². The standard InChI is InChI=1S/C16H24N2O2S/c1-16(2,3)20-13-6-4-12(5-7-13)8-9-17-15(19)14-10-21-11-18-14/h4-7,14,18H,8-11H2,1-3H3,(H,17,19). The fraction of sp³-hybridized carbons (Fsp3) is 0.562. The first kappa shape index (κ1) is 16.2. The van der Waals surface area contributed by atoms with Gasteiger partial charge in [-0.15, -0.1) is 11.8 Å². The Morgan fingerprint density at radius 3 is 2.67 bits per heavy atom. The Morgan fingerprint density at radius 2 is 2.10 bits per heavy atom. The molecule has 116 valence electrons. The summed E-state index contributed by atoms with van der Waals surface area (Å²) in [5.74, 6) is 2.72. The summed E-state index contributed by atoms with van der Waals surface area (Å²) in [5, 5.41) is 6.15. The highest BCUT2D eigenvalue weighted by atomic mass is 32.2. The van der Waals surface area contributed by atoms with Crippen molar-refractivity contribution < 1.29 is 9.53 Å². The van der Waals surface area contributed by atoms with Crippen LogP contribution >= 0.6 is 11.8 Å². The monoisotopic (exact) mass is 308 g/mol. The van der Waals surface area contributed by atoms with Gasteiger partial charge in [0.15, 0.2) is 0 Å². The van der Waals surface area contributed by atoms with Crippen molar-refractivity contribution in [2.45, 2.75) is 38.8 Å². The number of amides is 1. The molecule has 0 saturated carbocycles. The lowest BCUT2D eigenvalue weighted by Gasteiger charge is -2.21. The fourth-order valence-corrected chi connectivity index (χ4v) is 3.04. The summed E-state index contributed by atoms with van der Waals surface area (Å²) in [7, 11) is 0. The maximum absolute atomic E-state index is 11.8. The van der Waals surface area contributed by atoms with Crippen LogP contribution in [0, 0.1) is 0 Å². The highest BCUT2D eigenvalue weighted by Gasteiger charge is 2.21. The van der Waals surface area contributed by atoms with Gasteiger partial charge in [0.1, 0.15) is 11.4 Å². The Morgan fingerprint density at radius 1 is 1.38 bits per heavy atom. The first-order valence-electron chi connectivity index (χ1n) is 7.31. The van der Waals surface area contributed by atoms with Gasteiger partial charge >= 0.3 is 0 Å². The molecule has 1 aliphatic rings. The first-order valence-corrected chi connectivity index (χ1v) is 8.46. The van der Waals surface area contributed by atoms with Crippen molar-refractivity contribution in [3.05, 3.63) is 29.8 Å². The predicted molar refractivity (Wildman–Crippen MR) is 87.8 cm³/mol. The number of hydrogen-bond acceptors (Lipinski definition) is 4.